The molecule has 1 aromatic rings. The van der Waals surface area contributed by atoms with Crippen LogP contribution in [0.3, 0.4) is 0 Å². The molecule has 0 bridgehead atoms. The van der Waals surface area contributed by atoms with Gasteiger partial charge >= 0.3 is 0 Å². The molecular weight excluding hydrogens is 314 g/mol. The number of hydrogen-bond donors (Lipinski definition) is 0. The summed E-state index contributed by atoms with van der Waals surface area (Å²) in [5.41, 5.74) is 1.18. The Hall–Kier alpha value is -0.513. The molecule has 116 valence electrons. The van der Waals surface area contributed by atoms with Crippen molar-refractivity contribution in [3.63, 3.8) is 0 Å². The van der Waals surface area contributed by atoms with E-state index >= 15 is 0 Å². The van der Waals surface area contributed by atoms with Gasteiger partial charge in [-0.3, -0.25) is 4.99 Å². The van der Waals surface area contributed by atoms with Crippen LogP contribution in [-0.2, 0) is 0 Å². The maximum Gasteiger partial charge on any atom is 0.0938 e. The fraction of sp³-hybridized carbons (Fsp3) is 0.471. The third kappa shape index (κ3) is 6.85. The highest BCUT2D eigenvalue weighted by atomic mass is 35.5. The number of aliphatic imine (C=N–C) groups is 1. The van der Waals surface area contributed by atoms with Gasteiger partial charge in [0.25, 0.3) is 0 Å². The third-order valence-electron chi connectivity index (χ3n) is 2.69. The predicted octanol–water partition coefficient (Wildman–Crippen LogP) is 6.28. The summed E-state index contributed by atoms with van der Waals surface area (Å²) in [5.74, 6) is 0. The van der Waals surface area contributed by atoms with Gasteiger partial charge in [-0.15, -0.1) is 0 Å². The smallest absolute Gasteiger partial charge is 0.0938 e. The molecule has 0 spiro atoms. The molecule has 1 aromatic carbocycles. The van der Waals surface area contributed by atoms with E-state index in [0.29, 0.717) is 0 Å². The average Bonchev–Trinajstić information content (AvgIpc) is 2.33. The number of nitrogens with zero attached hydrogens (tertiary/aromatic N) is 1. The van der Waals surface area contributed by atoms with Gasteiger partial charge in [0.15, 0.2) is 0 Å². The van der Waals surface area contributed by atoms with Crippen LogP contribution >= 0.6 is 23.4 Å². The van der Waals surface area contributed by atoms with Crippen LogP contribution in [0.5, 0.6) is 0 Å². The van der Waals surface area contributed by atoms with E-state index in [4.69, 9.17) is 11.6 Å². The Morgan fingerprint density at radius 2 is 1.67 bits per heavy atom. The van der Waals surface area contributed by atoms with Gasteiger partial charge in [-0.25, -0.2) is 0 Å². The molecule has 0 unspecified atom stereocenters. The number of hydrogen-bond acceptors (Lipinski definition) is 2. The molecule has 0 aromatic heterocycles. The van der Waals surface area contributed by atoms with Gasteiger partial charge in [0.1, 0.15) is 0 Å². The van der Waals surface area contributed by atoms with Gasteiger partial charge in [0.05, 0.1) is 13.6 Å². The molecule has 0 radical (unpaired) electrons. The molecule has 0 atom stereocenters. The topological polar surface area (TPSA) is 12.4 Å². The van der Waals surface area contributed by atoms with Gasteiger partial charge < -0.3 is 0 Å². The maximum atomic E-state index is 6.66. The zero-order chi connectivity index (χ0) is 16.3. The van der Waals surface area contributed by atoms with Crippen molar-refractivity contribution in [3.8, 4) is 0 Å². The van der Waals surface area contributed by atoms with E-state index in [9.17, 15) is 0 Å². The summed E-state index contributed by atoms with van der Waals surface area (Å²) >= 11 is 8.37. The van der Waals surface area contributed by atoms with Gasteiger partial charge in [-0.1, -0.05) is 60.7 Å². The van der Waals surface area contributed by atoms with Crippen LogP contribution in [0.4, 0.5) is 0 Å². The number of rotatable bonds is 4. The second kappa shape index (κ2) is 7.17. The summed E-state index contributed by atoms with van der Waals surface area (Å²) in [5, 5.41) is 0. The van der Waals surface area contributed by atoms with Gasteiger partial charge in [0.2, 0.25) is 0 Å². The van der Waals surface area contributed by atoms with Gasteiger partial charge in [0, 0.05) is 20.7 Å². The quantitative estimate of drug-likeness (QED) is 0.357. The molecule has 0 aliphatic rings. The minimum absolute atomic E-state index is 0.0876. The molecule has 0 aliphatic heterocycles. The van der Waals surface area contributed by atoms with Crippen LogP contribution in [0.25, 0.3) is 0 Å². The molecule has 21 heavy (non-hydrogen) atoms. The Morgan fingerprint density at radius 1 is 1.14 bits per heavy atom. The van der Waals surface area contributed by atoms with Gasteiger partial charge in [-0.05, 0) is 39.8 Å². The van der Waals surface area contributed by atoms with Crippen molar-refractivity contribution in [3.05, 3.63) is 39.4 Å². The standard InChI is InChI=1S/C17H26ClNSSi/c1-13-8-10-14(11-9-13)20-15(12-19-17(2,3)4)16(18)21(5,6)7/h8-12H,1-7H3/b16-15-,19-12?. The first kappa shape index (κ1) is 18.5. The molecule has 0 aliphatic carbocycles. The van der Waals surface area contributed by atoms with Crippen LogP contribution < -0.4 is 0 Å². The van der Waals surface area contributed by atoms with Gasteiger partial charge in [-0.2, -0.15) is 0 Å². The molecule has 1 rings (SSSR count). The van der Waals surface area contributed by atoms with E-state index in [1.807, 2.05) is 6.21 Å². The van der Waals surface area contributed by atoms with E-state index in [0.717, 1.165) is 9.56 Å². The molecule has 4 heteroatoms. The molecule has 0 N–H and O–H groups in total. The highest BCUT2D eigenvalue weighted by molar-refractivity contribution is 8.04. The summed E-state index contributed by atoms with van der Waals surface area (Å²) in [6.07, 6.45) is 1.95. The lowest BCUT2D eigenvalue weighted by Gasteiger charge is -2.19. The lowest BCUT2D eigenvalue weighted by atomic mass is 10.1. The SMILES string of the molecule is Cc1ccc(S/C(C=NC(C)(C)C)=C(/Cl)[Si](C)(C)C)cc1. The Morgan fingerprint density at radius 3 is 2.10 bits per heavy atom. The first-order valence-corrected chi connectivity index (χ1v) is 11.9. The summed E-state index contributed by atoms with van der Waals surface area (Å²) in [6, 6.07) is 8.53. The van der Waals surface area contributed by atoms with Crippen LogP contribution in [0, 0.1) is 6.92 Å². The number of allylic oxidation sites excluding steroid dienone is 1. The van der Waals surface area contributed by atoms with Crippen molar-refractivity contribution in [2.24, 2.45) is 4.99 Å². The second-order valence-corrected chi connectivity index (χ2v) is 14.1. The summed E-state index contributed by atoms with van der Waals surface area (Å²) in [4.78, 5) is 6.92. The molecule has 0 heterocycles. The number of thioether (sulfide) groups is 1. The van der Waals surface area contributed by atoms with E-state index in [-0.39, 0.29) is 5.54 Å². The zero-order valence-electron chi connectivity index (χ0n) is 14.1. The largest absolute Gasteiger partial charge is 0.286 e. The average molecular weight is 340 g/mol. The summed E-state index contributed by atoms with van der Waals surface area (Å²) in [6.45, 7) is 15.2. The zero-order valence-corrected chi connectivity index (χ0v) is 16.7. The number of halogens is 1. The van der Waals surface area contributed by atoms with Crippen molar-refractivity contribution >= 4 is 37.7 Å². The number of aryl methyl sites for hydroxylation is 1. The van der Waals surface area contributed by atoms with Crippen LogP contribution in [0.2, 0.25) is 19.6 Å². The van der Waals surface area contributed by atoms with E-state index in [2.05, 4.69) is 76.6 Å². The molecule has 0 amide bonds. The highest BCUT2D eigenvalue weighted by Crippen LogP contribution is 2.33. The molecule has 0 fully saturated rings. The van der Waals surface area contributed by atoms with Crippen molar-refractivity contribution in [2.45, 2.75) is 57.8 Å². The minimum atomic E-state index is -1.55. The van der Waals surface area contributed by atoms with Crippen molar-refractivity contribution in [1.82, 2.24) is 0 Å². The summed E-state index contributed by atoms with van der Waals surface area (Å²) < 4.78 is 0.987. The van der Waals surface area contributed by atoms with Crippen molar-refractivity contribution < 1.29 is 0 Å². The van der Waals surface area contributed by atoms with Crippen LogP contribution in [0.15, 0.2) is 43.7 Å². The Bertz CT molecular complexity index is 533. The first-order chi connectivity index (χ1) is 9.49. The van der Waals surface area contributed by atoms with E-state index < -0.39 is 8.07 Å². The Labute approximate surface area is 139 Å². The van der Waals surface area contributed by atoms with E-state index in [1.54, 1.807) is 11.8 Å². The van der Waals surface area contributed by atoms with Crippen LogP contribution in [0.1, 0.15) is 26.3 Å². The fourth-order valence-electron chi connectivity index (χ4n) is 1.48. The lowest BCUT2D eigenvalue weighted by molar-refractivity contribution is 0.587. The van der Waals surface area contributed by atoms with Crippen molar-refractivity contribution in [2.75, 3.05) is 0 Å². The second-order valence-electron chi connectivity index (χ2n) is 7.27. The monoisotopic (exact) mass is 339 g/mol. The molecular formula is C17H26ClNSSi. The first-order valence-electron chi connectivity index (χ1n) is 7.19. The molecule has 0 saturated carbocycles. The molecule has 0 saturated heterocycles. The van der Waals surface area contributed by atoms with Crippen molar-refractivity contribution in [1.29, 1.82) is 0 Å². The third-order valence-corrected chi connectivity index (χ3v) is 7.51. The van der Waals surface area contributed by atoms with Crippen LogP contribution in [-0.4, -0.2) is 19.8 Å². The predicted molar refractivity (Wildman–Crippen MR) is 102 cm³/mol. The Kier molecular flexibility index (Phi) is 6.32. The van der Waals surface area contributed by atoms with E-state index in [1.165, 1.54) is 10.5 Å². The lowest BCUT2D eigenvalue weighted by Crippen LogP contribution is -2.22. The fourth-order valence-corrected chi connectivity index (χ4v) is 4.24. The highest BCUT2D eigenvalue weighted by Gasteiger charge is 2.22. The Balaban J connectivity index is 3.14. The normalized spacial score (nSPS) is 14.5. The molecule has 1 nitrogen and oxygen atoms in total. The number of benzene rings is 1. The minimum Gasteiger partial charge on any atom is -0.286 e. The summed E-state index contributed by atoms with van der Waals surface area (Å²) in [7, 11) is -1.55. The maximum absolute atomic E-state index is 6.66.